The lowest BCUT2D eigenvalue weighted by Crippen LogP contribution is -2.03. The maximum atomic E-state index is 13.1. The lowest BCUT2D eigenvalue weighted by atomic mass is 10.00. The predicted molar refractivity (Wildman–Crippen MR) is 70.2 cm³/mol. The summed E-state index contributed by atoms with van der Waals surface area (Å²) in [6, 6.07) is 10.0. The van der Waals surface area contributed by atoms with Gasteiger partial charge in [0.15, 0.2) is 5.78 Å². The van der Waals surface area contributed by atoms with Crippen LogP contribution >= 0.6 is 0 Å². The van der Waals surface area contributed by atoms with E-state index in [1.165, 1.54) is 0 Å². The highest BCUT2D eigenvalue weighted by Gasteiger charge is 2.12. The molecule has 0 saturated carbocycles. The summed E-state index contributed by atoms with van der Waals surface area (Å²) in [6.07, 6.45) is 1.85. The molecule has 98 valence electrons. The van der Waals surface area contributed by atoms with Gasteiger partial charge in [0.2, 0.25) is 0 Å². The highest BCUT2D eigenvalue weighted by molar-refractivity contribution is 6.09. The van der Waals surface area contributed by atoms with Crippen molar-refractivity contribution in [1.82, 2.24) is 0 Å². The Bertz CT molecular complexity index is 585. The maximum Gasteiger partial charge on any atom is 0.193 e. The predicted octanol–water partition coefficient (Wildman–Crippen LogP) is 4.15. The monoisotopic (exact) mass is 260 g/mol. The highest BCUT2D eigenvalue weighted by atomic mass is 19.1. The zero-order chi connectivity index (χ0) is 13.8. The Morgan fingerprint density at radius 3 is 2.32 bits per heavy atom. The molecule has 0 aliphatic rings. The zero-order valence-electron chi connectivity index (χ0n) is 10.6. The van der Waals surface area contributed by atoms with E-state index in [1.807, 2.05) is 6.07 Å². The van der Waals surface area contributed by atoms with Crippen LogP contribution in [0.25, 0.3) is 0 Å². The molecule has 0 amide bonds. The van der Waals surface area contributed by atoms with E-state index in [2.05, 4.69) is 6.92 Å². The van der Waals surface area contributed by atoms with Crippen molar-refractivity contribution in [3.63, 3.8) is 0 Å². The summed E-state index contributed by atoms with van der Waals surface area (Å²) in [7, 11) is 0. The second-order valence-corrected chi connectivity index (χ2v) is 4.44. The summed E-state index contributed by atoms with van der Waals surface area (Å²) in [5, 5.41) is 0. The number of hydrogen-bond donors (Lipinski definition) is 0. The third-order valence-corrected chi connectivity index (χ3v) is 2.85. The van der Waals surface area contributed by atoms with Crippen LogP contribution in [0.5, 0.6) is 0 Å². The lowest BCUT2D eigenvalue weighted by molar-refractivity contribution is 0.103. The Labute approximate surface area is 110 Å². The number of carbonyl (C=O) groups is 1. The van der Waals surface area contributed by atoms with E-state index in [9.17, 15) is 13.6 Å². The van der Waals surface area contributed by atoms with Crippen molar-refractivity contribution in [2.24, 2.45) is 0 Å². The largest absolute Gasteiger partial charge is 0.289 e. The number of ketones is 1. The second kappa shape index (κ2) is 5.74. The molecule has 0 N–H and O–H groups in total. The van der Waals surface area contributed by atoms with E-state index in [-0.39, 0.29) is 11.3 Å². The van der Waals surface area contributed by atoms with Gasteiger partial charge >= 0.3 is 0 Å². The van der Waals surface area contributed by atoms with Gasteiger partial charge in [-0.1, -0.05) is 31.5 Å². The van der Waals surface area contributed by atoms with Crippen molar-refractivity contribution < 1.29 is 13.6 Å². The summed E-state index contributed by atoms with van der Waals surface area (Å²) in [5.74, 6) is -1.85. The van der Waals surface area contributed by atoms with Crippen LogP contribution in [0.3, 0.4) is 0 Å². The van der Waals surface area contributed by atoms with Crippen LogP contribution in [0.4, 0.5) is 8.78 Å². The molecule has 0 spiro atoms. The molecule has 2 rings (SSSR count). The Morgan fingerprint density at radius 1 is 1.00 bits per heavy atom. The standard InChI is InChI=1S/C16H14F2O/c1-2-4-11-5-3-6-12(7-11)16(19)13-8-14(17)10-15(18)9-13/h3,5-10H,2,4H2,1H3. The first-order chi connectivity index (χ1) is 9.10. The summed E-state index contributed by atoms with van der Waals surface area (Å²) in [4.78, 5) is 12.2. The van der Waals surface area contributed by atoms with Crippen LogP contribution in [0.15, 0.2) is 42.5 Å². The van der Waals surface area contributed by atoms with Gasteiger partial charge in [-0.3, -0.25) is 4.79 Å². The fourth-order valence-electron chi connectivity index (χ4n) is 2.01. The summed E-state index contributed by atoms with van der Waals surface area (Å²) >= 11 is 0. The molecule has 0 atom stereocenters. The fraction of sp³-hybridized carbons (Fsp3) is 0.188. The van der Waals surface area contributed by atoms with Crippen molar-refractivity contribution in [2.45, 2.75) is 19.8 Å². The molecule has 0 aromatic heterocycles. The average Bonchev–Trinajstić information content (AvgIpc) is 2.37. The van der Waals surface area contributed by atoms with E-state index in [1.54, 1.807) is 18.2 Å². The molecular formula is C16H14F2O. The van der Waals surface area contributed by atoms with E-state index in [0.717, 1.165) is 36.6 Å². The van der Waals surface area contributed by atoms with Crippen molar-refractivity contribution in [3.05, 3.63) is 70.8 Å². The number of halogens is 2. The first kappa shape index (κ1) is 13.4. The summed E-state index contributed by atoms with van der Waals surface area (Å²) in [6.45, 7) is 2.05. The Hall–Kier alpha value is -2.03. The van der Waals surface area contributed by atoms with Gasteiger partial charge in [-0.15, -0.1) is 0 Å². The Kier molecular flexibility index (Phi) is 4.05. The van der Waals surface area contributed by atoms with Crippen LogP contribution in [0.2, 0.25) is 0 Å². The van der Waals surface area contributed by atoms with Crippen LogP contribution in [0, 0.1) is 11.6 Å². The van der Waals surface area contributed by atoms with E-state index < -0.39 is 11.6 Å². The first-order valence-electron chi connectivity index (χ1n) is 6.20. The molecule has 2 aromatic rings. The van der Waals surface area contributed by atoms with Gasteiger partial charge in [0, 0.05) is 17.2 Å². The topological polar surface area (TPSA) is 17.1 Å². The molecule has 0 unspecified atom stereocenters. The van der Waals surface area contributed by atoms with Crippen molar-refractivity contribution in [2.75, 3.05) is 0 Å². The van der Waals surface area contributed by atoms with Gasteiger partial charge in [0.1, 0.15) is 11.6 Å². The van der Waals surface area contributed by atoms with E-state index in [0.29, 0.717) is 5.56 Å². The number of carbonyl (C=O) groups excluding carboxylic acids is 1. The van der Waals surface area contributed by atoms with Gasteiger partial charge in [-0.05, 0) is 30.2 Å². The van der Waals surface area contributed by atoms with Gasteiger partial charge in [-0.25, -0.2) is 8.78 Å². The SMILES string of the molecule is CCCc1cccc(C(=O)c2cc(F)cc(F)c2)c1. The average molecular weight is 260 g/mol. The van der Waals surface area contributed by atoms with Crippen molar-refractivity contribution >= 4 is 5.78 Å². The van der Waals surface area contributed by atoms with E-state index in [4.69, 9.17) is 0 Å². The number of aryl methyl sites for hydroxylation is 1. The summed E-state index contributed by atoms with van der Waals surface area (Å²) < 4.78 is 26.2. The molecule has 0 bridgehead atoms. The lowest BCUT2D eigenvalue weighted by Gasteiger charge is -2.04. The molecule has 2 aromatic carbocycles. The number of hydrogen-bond acceptors (Lipinski definition) is 1. The Balaban J connectivity index is 2.35. The van der Waals surface area contributed by atoms with Gasteiger partial charge in [0.25, 0.3) is 0 Å². The van der Waals surface area contributed by atoms with Crippen LogP contribution < -0.4 is 0 Å². The molecular weight excluding hydrogens is 246 g/mol. The van der Waals surface area contributed by atoms with E-state index >= 15 is 0 Å². The molecule has 0 radical (unpaired) electrons. The van der Waals surface area contributed by atoms with Crippen molar-refractivity contribution in [1.29, 1.82) is 0 Å². The minimum atomic E-state index is -0.743. The normalized spacial score (nSPS) is 10.5. The molecule has 0 aliphatic carbocycles. The highest BCUT2D eigenvalue weighted by Crippen LogP contribution is 2.15. The minimum absolute atomic E-state index is 0.0335. The molecule has 1 nitrogen and oxygen atoms in total. The Morgan fingerprint density at radius 2 is 1.68 bits per heavy atom. The van der Waals surface area contributed by atoms with Gasteiger partial charge in [-0.2, -0.15) is 0 Å². The maximum absolute atomic E-state index is 13.1. The number of rotatable bonds is 4. The quantitative estimate of drug-likeness (QED) is 0.755. The van der Waals surface area contributed by atoms with Gasteiger partial charge < -0.3 is 0 Å². The molecule has 0 saturated heterocycles. The molecule has 0 heterocycles. The van der Waals surface area contributed by atoms with Crippen LogP contribution in [-0.2, 0) is 6.42 Å². The number of benzene rings is 2. The second-order valence-electron chi connectivity index (χ2n) is 4.44. The summed E-state index contributed by atoms with van der Waals surface area (Å²) in [5.41, 5.74) is 1.53. The third-order valence-electron chi connectivity index (χ3n) is 2.85. The molecule has 0 fully saturated rings. The fourth-order valence-corrected chi connectivity index (χ4v) is 2.01. The van der Waals surface area contributed by atoms with Gasteiger partial charge in [0.05, 0.1) is 0 Å². The first-order valence-corrected chi connectivity index (χ1v) is 6.20. The van der Waals surface area contributed by atoms with Crippen LogP contribution in [-0.4, -0.2) is 5.78 Å². The third kappa shape index (κ3) is 3.25. The molecule has 19 heavy (non-hydrogen) atoms. The zero-order valence-corrected chi connectivity index (χ0v) is 10.6. The smallest absolute Gasteiger partial charge is 0.193 e. The van der Waals surface area contributed by atoms with Crippen molar-refractivity contribution in [3.8, 4) is 0 Å². The molecule has 3 heteroatoms. The minimum Gasteiger partial charge on any atom is -0.289 e. The van der Waals surface area contributed by atoms with Crippen LogP contribution in [0.1, 0.15) is 34.8 Å². The molecule has 0 aliphatic heterocycles.